The molecule has 0 amide bonds. The van der Waals surface area contributed by atoms with Crippen LogP contribution in [0.25, 0.3) is 0 Å². The smallest absolute Gasteiger partial charge is 0.243 e. The van der Waals surface area contributed by atoms with Crippen LogP contribution in [-0.2, 0) is 23.0 Å². The Hall–Kier alpha value is -0.870. The zero-order chi connectivity index (χ0) is 15.5. The Kier molecular flexibility index (Phi) is 5.44. The van der Waals surface area contributed by atoms with Gasteiger partial charge in [0.2, 0.25) is 10.0 Å². The van der Waals surface area contributed by atoms with Gasteiger partial charge in [0.1, 0.15) is 10.7 Å². The van der Waals surface area contributed by atoms with Crippen molar-refractivity contribution < 1.29 is 12.8 Å². The van der Waals surface area contributed by atoms with Crippen LogP contribution in [0.5, 0.6) is 0 Å². The summed E-state index contributed by atoms with van der Waals surface area (Å²) in [5, 5.41) is 1.83. The van der Waals surface area contributed by atoms with Crippen molar-refractivity contribution in [3.05, 3.63) is 44.6 Å². The number of hydrogen-bond donors (Lipinski definition) is 2. The van der Waals surface area contributed by atoms with Gasteiger partial charge in [0.15, 0.2) is 0 Å². The lowest BCUT2D eigenvalue weighted by Gasteiger charge is -2.10. The van der Waals surface area contributed by atoms with Crippen LogP contribution < -0.4 is 10.5 Å². The number of thiazole rings is 1. The average Bonchev–Trinajstić information content (AvgIpc) is 2.93. The molecule has 0 aliphatic heterocycles. The van der Waals surface area contributed by atoms with E-state index in [0.29, 0.717) is 10.9 Å². The molecule has 5 nitrogen and oxygen atoms in total. The zero-order valence-corrected chi connectivity index (χ0v) is 14.1. The first kappa shape index (κ1) is 16.5. The highest BCUT2D eigenvalue weighted by molar-refractivity contribution is 9.10. The van der Waals surface area contributed by atoms with Crippen LogP contribution in [0.3, 0.4) is 0 Å². The Balaban J connectivity index is 2.17. The topological polar surface area (TPSA) is 85.1 Å². The molecule has 3 N–H and O–H groups in total. The molecule has 114 valence electrons. The first-order chi connectivity index (χ1) is 9.94. The van der Waals surface area contributed by atoms with Gasteiger partial charge in [-0.3, -0.25) is 0 Å². The quantitative estimate of drug-likeness (QED) is 0.785. The van der Waals surface area contributed by atoms with Gasteiger partial charge < -0.3 is 5.73 Å². The van der Waals surface area contributed by atoms with Gasteiger partial charge in [0.25, 0.3) is 0 Å². The second-order valence-corrected chi connectivity index (χ2v) is 7.58. The summed E-state index contributed by atoms with van der Waals surface area (Å²) in [4.78, 5) is 3.65. The highest BCUT2D eigenvalue weighted by Crippen LogP contribution is 2.23. The summed E-state index contributed by atoms with van der Waals surface area (Å²) < 4.78 is 41.3. The Morgan fingerprint density at radius 3 is 2.81 bits per heavy atom. The van der Waals surface area contributed by atoms with Crippen molar-refractivity contribution in [3.63, 3.8) is 0 Å². The Bertz CT molecular complexity index is 720. The maximum absolute atomic E-state index is 14.1. The van der Waals surface area contributed by atoms with E-state index in [9.17, 15) is 12.8 Å². The monoisotopic (exact) mass is 393 g/mol. The van der Waals surface area contributed by atoms with E-state index in [-0.39, 0.29) is 18.7 Å². The fraction of sp³-hybridized carbons (Fsp3) is 0.250. The molecule has 1 aromatic carbocycles. The summed E-state index contributed by atoms with van der Waals surface area (Å²) >= 11 is 4.59. The van der Waals surface area contributed by atoms with E-state index in [2.05, 4.69) is 25.6 Å². The molecule has 0 radical (unpaired) electrons. The largest absolute Gasteiger partial charge is 0.326 e. The van der Waals surface area contributed by atoms with Crippen LogP contribution in [0.2, 0.25) is 0 Å². The summed E-state index contributed by atoms with van der Waals surface area (Å²) in [6, 6.07) is 2.68. The van der Waals surface area contributed by atoms with E-state index in [4.69, 9.17) is 5.73 Å². The number of sulfonamides is 1. The summed E-state index contributed by atoms with van der Waals surface area (Å²) in [7, 11) is -3.93. The number of aromatic nitrogens is 1. The summed E-state index contributed by atoms with van der Waals surface area (Å²) in [6.45, 7) is 0.0720. The third-order valence-corrected chi connectivity index (χ3v) is 5.30. The van der Waals surface area contributed by atoms with Crippen LogP contribution in [0, 0.1) is 5.82 Å². The third kappa shape index (κ3) is 4.07. The molecule has 0 saturated carbocycles. The molecule has 0 aliphatic carbocycles. The summed E-state index contributed by atoms with van der Waals surface area (Å²) in [5.74, 6) is -0.818. The third-order valence-electron chi connectivity index (χ3n) is 2.75. The van der Waals surface area contributed by atoms with E-state index < -0.39 is 20.7 Å². The van der Waals surface area contributed by atoms with Crippen molar-refractivity contribution in [1.82, 2.24) is 9.71 Å². The number of nitrogens with two attached hydrogens (primary N) is 1. The van der Waals surface area contributed by atoms with E-state index in [1.165, 1.54) is 23.5 Å². The minimum atomic E-state index is -3.93. The molecule has 0 saturated heterocycles. The van der Waals surface area contributed by atoms with Gasteiger partial charge in [-0.2, -0.15) is 0 Å². The highest BCUT2D eigenvalue weighted by Gasteiger charge is 2.21. The predicted octanol–water partition coefficient (Wildman–Crippen LogP) is 2.02. The molecule has 0 aliphatic rings. The number of hydrogen-bond acceptors (Lipinski definition) is 5. The number of rotatable bonds is 6. The van der Waals surface area contributed by atoms with E-state index in [1.54, 1.807) is 5.51 Å². The molecule has 0 unspecified atom stereocenters. The second-order valence-electron chi connectivity index (χ2n) is 4.21. The van der Waals surface area contributed by atoms with Gasteiger partial charge in [-0.05, 0) is 12.1 Å². The summed E-state index contributed by atoms with van der Waals surface area (Å²) in [6.07, 6.45) is 0.447. The number of benzene rings is 1. The minimum Gasteiger partial charge on any atom is -0.326 e. The first-order valence-corrected chi connectivity index (χ1v) is 9.20. The van der Waals surface area contributed by atoms with Crippen LogP contribution in [0.1, 0.15) is 11.3 Å². The molecule has 1 heterocycles. The molecule has 21 heavy (non-hydrogen) atoms. The van der Waals surface area contributed by atoms with Gasteiger partial charge in [0, 0.05) is 34.9 Å². The van der Waals surface area contributed by atoms with Crippen LogP contribution in [0.15, 0.2) is 32.4 Å². The molecule has 0 spiro atoms. The second kappa shape index (κ2) is 6.93. The SMILES string of the molecule is NCc1cc(Br)cc(S(=O)(=O)NCCc2cscn2)c1F. The fourth-order valence-electron chi connectivity index (χ4n) is 1.71. The highest BCUT2D eigenvalue weighted by atomic mass is 79.9. The number of nitrogens with zero attached hydrogens (tertiary/aromatic N) is 1. The Morgan fingerprint density at radius 2 is 2.19 bits per heavy atom. The van der Waals surface area contributed by atoms with Crippen molar-refractivity contribution in [2.24, 2.45) is 5.73 Å². The molecule has 9 heteroatoms. The van der Waals surface area contributed by atoms with Crippen LogP contribution in [0.4, 0.5) is 4.39 Å². The zero-order valence-electron chi connectivity index (χ0n) is 10.8. The van der Waals surface area contributed by atoms with Gasteiger partial charge >= 0.3 is 0 Å². The molecular weight excluding hydrogens is 381 g/mol. The maximum Gasteiger partial charge on any atom is 0.243 e. The van der Waals surface area contributed by atoms with Crippen molar-refractivity contribution in [1.29, 1.82) is 0 Å². The summed E-state index contributed by atoms with van der Waals surface area (Å²) in [5.41, 5.74) is 8.02. The molecule has 2 aromatic rings. The molecular formula is C12H13BrFN3O2S2. The Morgan fingerprint density at radius 1 is 1.43 bits per heavy atom. The minimum absolute atomic E-state index is 0.0768. The van der Waals surface area contributed by atoms with Crippen molar-refractivity contribution in [3.8, 4) is 0 Å². The van der Waals surface area contributed by atoms with Crippen LogP contribution in [-0.4, -0.2) is 19.9 Å². The van der Waals surface area contributed by atoms with Gasteiger partial charge in [-0.25, -0.2) is 22.5 Å². The molecule has 0 bridgehead atoms. The molecule has 0 atom stereocenters. The van der Waals surface area contributed by atoms with Gasteiger partial charge in [0.05, 0.1) is 11.2 Å². The normalized spacial score (nSPS) is 11.8. The standard InChI is InChI=1S/C12H13BrFN3O2S2/c13-9-3-8(5-15)12(14)11(4-9)21(18,19)17-2-1-10-6-20-7-16-10/h3-4,6-7,17H,1-2,5,15H2. The maximum atomic E-state index is 14.1. The van der Waals surface area contributed by atoms with Crippen molar-refractivity contribution in [2.75, 3.05) is 6.54 Å². The molecule has 2 rings (SSSR count). The van der Waals surface area contributed by atoms with Crippen LogP contribution >= 0.6 is 27.3 Å². The van der Waals surface area contributed by atoms with Gasteiger partial charge in [-0.15, -0.1) is 11.3 Å². The molecule has 1 aromatic heterocycles. The molecule has 0 fully saturated rings. The van der Waals surface area contributed by atoms with E-state index in [0.717, 1.165) is 5.69 Å². The number of nitrogens with one attached hydrogen (secondary N) is 1. The average molecular weight is 394 g/mol. The fourth-order valence-corrected chi connectivity index (χ4v) is 4.14. The van der Waals surface area contributed by atoms with Crippen molar-refractivity contribution in [2.45, 2.75) is 17.9 Å². The van der Waals surface area contributed by atoms with Crippen molar-refractivity contribution >= 4 is 37.3 Å². The van der Waals surface area contributed by atoms with E-state index >= 15 is 0 Å². The number of halogens is 2. The predicted molar refractivity (Wildman–Crippen MR) is 83.0 cm³/mol. The van der Waals surface area contributed by atoms with Gasteiger partial charge in [-0.1, -0.05) is 15.9 Å². The lowest BCUT2D eigenvalue weighted by molar-refractivity contribution is 0.549. The van der Waals surface area contributed by atoms with E-state index in [1.807, 2.05) is 5.38 Å². The first-order valence-electron chi connectivity index (χ1n) is 5.99. The Labute approximate surface area is 134 Å². The lowest BCUT2D eigenvalue weighted by atomic mass is 10.2. The lowest BCUT2D eigenvalue weighted by Crippen LogP contribution is -2.27.